The molecule has 3 rings (SSSR count). The van der Waals surface area contributed by atoms with Crippen molar-refractivity contribution < 1.29 is 0 Å². The number of piperidine rings is 1. The number of fused-ring (bicyclic) bond motifs is 4. The quantitative estimate of drug-likeness (QED) is 0.679. The summed E-state index contributed by atoms with van der Waals surface area (Å²) in [6.07, 6.45) is 3.26. The highest BCUT2D eigenvalue weighted by atomic mass is 15.2. The minimum atomic E-state index is 0.0760. The first-order valence-electron chi connectivity index (χ1n) is 6.34. The highest BCUT2D eigenvalue weighted by molar-refractivity contribution is 5.39. The van der Waals surface area contributed by atoms with E-state index in [0.29, 0.717) is 6.04 Å². The summed E-state index contributed by atoms with van der Waals surface area (Å²) in [6.45, 7) is 2.33. The smallest absolute Gasteiger partial charge is 0.0986 e. The SMILES string of the molecule is CN1[C@@H]2Cc3ccccc3[C@](C)(C2)C[C@H]1C#N. The molecule has 1 heterocycles. The molecule has 1 saturated heterocycles. The molecule has 0 N–H and O–H groups in total. The molecule has 1 aromatic carbocycles. The van der Waals surface area contributed by atoms with Gasteiger partial charge in [0.15, 0.2) is 0 Å². The first-order valence-corrected chi connectivity index (χ1v) is 6.34. The standard InChI is InChI=1S/C15H18N2/c1-15-8-12(17(2)13(9-15)10-16)7-11-5-3-4-6-14(11)15/h3-6,12-13H,7-9H2,1-2H3/t12-,13+,15-/m1/s1. The molecule has 2 nitrogen and oxygen atoms in total. The maximum atomic E-state index is 9.29. The van der Waals surface area contributed by atoms with Gasteiger partial charge in [-0.1, -0.05) is 31.2 Å². The molecule has 1 aromatic rings. The molecular weight excluding hydrogens is 208 g/mol. The second kappa shape index (κ2) is 3.58. The monoisotopic (exact) mass is 226 g/mol. The van der Waals surface area contributed by atoms with Crippen LogP contribution in [-0.2, 0) is 11.8 Å². The zero-order chi connectivity index (χ0) is 12.0. The molecule has 0 radical (unpaired) electrons. The van der Waals surface area contributed by atoms with Crippen LogP contribution in [-0.4, -0.2) is 24.0 Å². The second-order valence-electron chi connectivity index (χ2n) is 5.79. The first-order chi connectivity index (χ1) is 8.14. The first kappa shape index (κ1) is 10.8. The molecule has 0 aromatic heterocycles. The van der Waals surface area contributed by atoms with E-state index in [1.165, 1.54) is 17.5 Å². The van der Waals surface area contributed by atoms with Crippen LogP contribution < -0.4 is 0 Å². The number of likely N-dealkylation sites (tertiary alicyclic amines) is 1. The van der Waals surface area contributed by atoms with E-state index in [1.807, 2.05) is 0 Å². The molecular formula is C15H18N2. The van der Waals surface area contributed by atoms with Crippen LogP contribution >= 0.6 is 0 Å². The van der Waals surface area contributed by atoms with Gasteiger partial charge in [0, 0.05) is 6.04 Å². The van der Waals surface area contributed by atoms with Gasteiger partial charge in [0.05, 0.1) is 12.1 Å². The zero-order valence-electron chi connectivity index (χ0n) is 10.5. The van der Waals surface area contributed by atoms with Crippen LogP contribution in [0.4, 0.5) is 0 Å². The summed E-state index contributed by atoms with van der Waals surface area (Å²) in [5.74, 6) is 0. The maximum Gasteiger partial charge on any atom is 0.0986 e. The Labute approximate surface area is 103 Å². The Morgan fingerprint density at radius 2 is 2.12 bits per heavy atom. The van der Waals surface area contributed by atoms with Gasteiger partial charge in [-0.3, -0.25) is 4.90 Å². The van der Waals surface area contributed by atoms with Gasteiger partial charge in [0.1, 0.15) is 0 Å². The minimum Gasteiger partial charge on any atom is -0.288 e. The van der Waals surface area contributed by atoms with Gasteiger partial charge in [-0.05, 0) is 42.9 Å². The fourth-order valence-corrected chi connectivity index (χ4v) is 3.69. The lowest BCUT2D eigenvalue weighted by molar-refractivity contribution is 0.0812. The van der Waals surface area contributed by atoms with Gasteiger partial charge in [0.2, 0.25) is 0 Å². The number of hydrogen-bond acceptors (Lipinski definition) is 2. The summed E-state index contributed by atoms with van der Waals surface area (Å²) in [7, 11) is 2.10. The van der Waals surface area contributed by atoms with Crippen molar-refractivity contribution in [2.24, 2.45) is 0 Å². The molecule has 2 bridgehead atoms. The molecule has 2 aliphatic rings. The van der Waals surface area contributed by atoms with Crippen molar-refractivity contribution in [3.63, 3.8) is 0 Å². The van der Waals surface area contributed by atoms with E-state index in [4.69, 9.17) is 0 Å². The third-order valence-electron chi connectivity index (χ3n) is 4.67. The van der Waals surface area contributed by atoms with E-state index in [1.54, 1.807) is 0 Å². The highest BCUT2D eigenvalue weighted by Crippen LogP contribution is 2.46. The van der Waals surface area contributed by atoms with Crippen LogP contribution in [0.15, 0.2) is 24.3 Å². The fourth-order valence-electron chi connectivity index (χ4n) is 3.69. The highest BCUT2D eigenvalue weighted by Gasteiger charge is 2.45. The summed E-state index contributed by atoms with van der Waals surface area (Å²) in [5.41, 5.74) is 3.16. The van der Waals surface area contributed by atoms with Crippen LogP contribution in [0.25, 0.3) is 0 Å². The molecule has 2 heteroatoms. The fraction of sp³-hybridized carbons (Fsp3) is 0.533. The van der Waals surface area contributed by atoms with Crippen LogP contribution in [0, 0.1) is 11.3 Å². The largest absolute Gasteiger partial charge is 0.288 e. The van der Waals surface area contributed by atoms with Crippen molar-refractivity contribution in [1.82, 2.24) is 4.90 Å². The van der Waals surface area contributed by atoms with Crippen molar-refractivity contribution in [3.8, 4) is 6.07 Å². The lowest BCUT2D eigenvalue weighted by atomic mass is 9.63. The Morgan fingerprint density at radius 3 is 2.88 bits per heavy atom. The molecule has 0 spiro atoms. The third kappa shape index (κ3) is 1.50. The van der Waals surface area contributed by atoms with Crippen molar-refractivity contribution >= 4 is 0 Å². The van der Waals surface area contributed by atoms with Crippen molar-refractivity contribution in [2.75, 3.05) is 7.05 Å². The average molecular weight is 226 g/mol. The molecule has 88 valence electrons. The van der Waals surface area contributed by atoms with E-state index < -0.39 is 0 Å². The number of nitriles is 1. The molecule has 17 heavy (non-hydrogen) atoms. The van der Waals surface area contributed by atoms with Gasteiger partial charge in [-0.15, -0.1) is 0 Å². The van der Waals surface area contributed by atoms with Gasteiger partial charge in [-0.2, -0.15) is 5.26 Å². The second-order valence-corrected chi connectivity index (χ2v) is 5.79. The van der Waals surface area contributed by atoms with Crippen LogP contribution in [0.1, 0.15) is 30.9 Å². The number of rotatable bonds is 0. The minimum absolute atomic E-state index is 0.0760. The summed E-state index contributed by atoms with van der Waals surface area (Å²) in [5, 5.41) is 9.29. The van der Waals surface area contributed by atoms with Gasteiger partial charge < -0.3 is 0 Å². The summed E-state index contributed by atoms with van der Waals surface area (Å²) in [4.78, 5) is 2.28. The van der Waals surface area contributed by atoms with E-state index in [9.17, 15) is 5.26 Å². The van der Waals surface area contributed by atoms with Crippen LogP contribution in [0.5, 0.6) is 0 Å². The van der Waals surface area contributed by atoms with Gasteiger partial charge >= 0.3 is 0 Å². The zero-order valence-corrected chi connectivity index (χ0v) is 10.5. The molecule has 0 unspecified atom stereocenters. The molecule has 0 saturated carbocycles. The van der Waals surface area contributed by atoms with E-state index >= 15 is 0 Å². The average Bonchev–Trinajstić information content (AvgIpc) is 2.34. The Balaban J connectivity index is 2.09. The summed E-state index contributed by atoms with van der Waals surface area (Å²) >= 11 is 0. The van der Waals surface area contributed by atoms with Crippen molar-refractivity contribution in [1.29, 1.82) is 5.26 Å². The van der Waals surface area contributed by atoms with E-state index in [0.717, 1.165) is 12.8 Å². The molecule has 1 aliphatic heterocycles. The molecule has 0 amide bonds. The lowest BCUT2D eigenvalue weighted by Gasteiger charge is -2.50. The normalized spacial score (nSPS) is 36.1. The predicted molar refractivity (Wildman–Crippen MR) is 67.7 cm³/mol. The Morgan fingerprint density at radius 1 is 1.35 bits per heavy atom. The van der Waals surface area contributed by atoms with Gasteiger partial charge in [-0.25, -0.2) is 0 Å². The van der Waals surface area contributed by atoms with E-state index in [-0.39, 0.29) is 11.5 Å². The molecule has 1 fully saturated rings. The van der Waals surface area contributed by atoms with Gasteiger partial charge in [0.25, 0.3) is 0 Å². The number of benzene rings is 1. The summed E-state index contributed by atoms with van der Waals surface area (Å²) < 4.78 is 0. The Hall–Kier alpha value is -1.33. The number of hydrogen-bond donors (Lipinski definition) is 0. The van der Waals surface area contributed by atoms with Crippen LogP contribution in [0.2, 0.25) is 0 Å². The maximum absolute atomic E-state index is 9.29. The predicted octanol–water partition coefficient (Wildman–Crippen LogP) is 2.49. The third-order valence-corrected chi connectivity index (χ3v) is 4.67. The Bertz CT molecular complexity index is 488. The van der Waals surface area contributed by atoms with Crippen molar-refractivity contribution in [2.45, 2.75) is 43.7 Å². The van der Waals surface area contributed by atoms with Crippen molar-refractivity contribution in [3.05, 3.63) is 35.4 Å². The topological polar surface area (TPSA) is 27.0 Å². The molecule has 1 aliphatic carbocycles. The summed E-state index contributed by atoms with van der Waals surface area (Å²) in [6, 6.07) is 11.8. The van der Waals surface area contributed by atoms with Crippen LogP contribution in [0.3, 0.4) is 0 Å². The molecule has 3 atom stereocenters. The lowest BCUT2D eigenvalue weighted by Crippen LogP contribution is -2.54. The number of nitrogens with zero attached hydrogens (tertiary/aromatic N) is 2. The van der Waals surface area contributed by atoms with E-state index in [2.05, 4.69) is 49.2 Å². The number of likely N-dealkylation sites (N-methyl/N-ethyl adjacent to an activating group) is 1. The Kier molecular flexibility index (Phi) is 2.27.